The molecule has 218 valence electrons. The highest BCUT2D eigenvalue weighted by Gasteiger charge is 2.37. The third kappa shape index (κ3) is 10.0. The van der Waals surface area contributed by atoms with Gasteiger partial charge in [0.1, 0.15) is 0 Å². The van der Waals surface area contributed by atoms with Gasteiger partial charge in [-0.1, -0.05) is 19.3 Å². The highest BCUT2D eigenvalue weighted by molar-refractivity contribution is 5.81. The van der Waals surface area contributed by atoms with Gasteiger partial charge >= 0.3 is 12.4 Å². The van der Waals surface area contributed by atoms with E-state index in [0.717, 1.165) is 38.5 Å². The van der Waals surface area contributed by atoms with Gasteiger partial charge in [0.05, 0.1) is 24.2 Å². The Bertz CT molecular complexity index is 976. The van der Waals surface area contributed by atoms with Gasteiger partial charge in [0.25, 0.3) is 0 Å². The first-order valence-electron chi connectivity index (χ1n) is 13.2. The van der Waals surface area contributed by atoms with Crippen molar-refractivity contribution < 1.29 is 40.7 Å². The minimum atomic E-state index is -5.01. The Morgan fingerprint density at radius 1 is 0.897 bits per heavy atom. The third-order valence-electron chi connectivity index (χ3n) is 6.86. The Labute approximate surface area is 223 Å². The number of hydrogen-bond acceptors (Lipinski definition) is 4. The van der Waals surface area contributed by atoms with Crippen molar-refractivity contribution in [2.45, 2.75) is 76.3 Å². The Morgan fingerprint density at radius 3 is 2.08 bits per heavy atom. The quantitative estimate of drug-likeness (QED) is 0.313. The summed E-state index contributed by atoms with van der Waals surface area (Å²) in [5.41, 5.74) is -3.23. The van der Waals surface area contributed by atoms with Crippen LogP contribution in [-0.2, 0) is 33.3 Å². The van der Waals surface area contributed by atoms with Crippen LogP contribution in [0.4, 0.5) is 26.3 Å². The summed E-state index contributed by atoms with van der Waals surface area (Å²) >= 11 is 0. The number of halogens is 6. The van der Waals surface area contributed by atoms with Crippen LogP contribution in [0.1, 0.15) is 68.1 Å². The van der Waals surface area contributed by atoms with Crippen LogP contribution in [0.3, 0.4) is 0 Å². The Hall–Kier alpha value is -2.83. The number of carbonyl (C=O) groups is 3. The van der Waals surface area contributed by atoms with Crippen LogP contribution in [0.15, 0.2) is 18.2 Å². The van der Waals surface area contributed by atoms with Gasteiger partial charge in [0, 0.05) is 38.6 Å². The summed E-state index contributed by atoms with van der Waals surface area (Å²) in [7, 11) is 0. The molecule has 3 rings (SSSR count). The number of nitrogens with zero attached hydrogens (tertiary/aromatic N) is 2. The first-order valence-corrected chi connectivity index (χ1v) is 13.2. The molecule has 0 aromatic heterocycles. The van der Waals surface area contributed by atoms with Crippen molar-refractivity contribution >= 4 is 17.7 Å². The zero-order valence-electron chi connectivity index (χ0n) is 21.6. The number of rotatable bonds is 11. The van der Waals surface area contributed by atoms with E-state index >= 15 is 0 Å². The molecule has 0 spiro atoms. The van der Waals surface area contributed by atoms with Crippen molar-refractivity contribution in [3.8, 4) is 0 Å². The molecule has 1 heterocycles. The second-order valence-electron chi connectivity index (χ2n) is 10.1. The highest BCUT2D eigenvalue weighted by atomic mass is 19.4. The number of hydrogen-bond donors (Lipinski definition) is 2. The summed E-state index contributed by atoms with van der Waals surface area (Å²) in [5, 5.41) is 5.51. The van der Waals surface area contributed by atoms with Gasteiger partial charge in [-0.15, -0.1) is 0 Å². The largest absolute Gasteiger partial charge is 0.416 e. The van der Waals surface area contributed by atoms with Crippen LogP contribution in [0.25, 0.3) is 0 Å². The molecule has 0 unspecified atom stereocenters. The molecule has 7 nitrogen and oxygen atoms in total. The molecule has 0 bridgehead atoms. The number of carbonyl (C=O) groups excluding carboxylic acids is 3. The lowest BCUT2D eigenvalue weighted by molar-refractivity contribution is -0.143. The standard InChI is InChI=1S/C26H34F6N4O3/c27-25(28,29)19-12-18(13-20(14-19)26(30,31)32)15-35(17-23(38)34-21-6-2-1-3-7-21)16-22(37)33-9-5-11-36-10-4-8-24(36)39/h12-14,21H,1-11,15-17H2,(H,33,37)(H,34,38). The molecule has 1 aliphatic carbocycles. The van der Waals surface area contributed by atoms with Crippen molar-refractivity contribution in [3.63, 3.8) is 0 Å². The van der Waals surface area contributed by atoms with E-state index < -0.39 is 48.4 Å². The molecule has 0 radical (unpaired) electrons. The van der Waals surface area contributed by atoms with Crippen molar-refractivity contribution in [3.05, 3.63) is 34.9 Å². The lowest BCUT2D eigenvalue weighted by Gasteiger charge is -2.26. The fourth-order valence-corrected chi connectivity index (χ4v) is 4.96. The molecule has 1 saturated heterocycles. The molecule has 2 aliphatic rings. The van der Waals surface area contributed by atoms with Gasteiger partial charge in [0.2, 0.25) is 17.7 Å². The molecular formula is C26H34F6N4O3. The summed E-state index contributed by atoms with van der Waals surface area (Å²) < 4.78 is 80.0. The molecule has 39 heavy (non-hydrogen) atoms. The summed E-state index contributed by atoms with van der Waals surface area (Å²) in [6.45, 7) is 0.111. The Kier molecular flexibility index (Phi) is 10.6. The molecule has 2 N–H and O–H groups in total. The average Bonchev–Trinajstić information content (AvgIpc) is 3.25. The van der Waals surface area contributed by atoms with E-state index in [4.69, 9.17) is 0 Å². The number of amides is 3. The lowest BCUT2D eigenvalue weighted by atomic mass is 9.95. The minimum Gasteiger partial charge on any atom is -0.355 e. The number of nitrogens with one attached hydrogen (secondary N) is 2. The van der Waals surface area contributed by atoms with E-state index in [1.165, 1.54) is 4.90 Å². The van der Waals surface area contributed by atoms with E-state index in [0.29, 0.717) is 38.1 Å². The summed E-state index contributed by atoms with van der Waals surface area (Å²) in [4.78, 5) is 39.9. The van der Waals surface area contributed by atoms with E-state index in [1.54, 1.807) is 4.90 Å². The zero-order valence-corrected chi connectivity index (χ0v) is 21.6. The van der Waals surface area contributed by atoms with Crippen molar-refractivity contribution in [2.24, 2.45) is 0 Å². The van der Waals surface area contributed by atoms with Gasteiger partial charge in [-0.25, -0.2) is 0 Å². The second kappa shape index (κ2) is 13.5. The smallest absolute Gasteiger partial charge is 0.355 e. The predicted octanol–water partition coefficient (Wildman–Crippen LogP) is 4.10. The van der Waals surface area contributed by atoms with Crippen LogP contribution >= 0.6 is 0 Å². The van der Waals surface area contributed by atoms with Crippen LogP contribution in [0.5, 0.6) is 0 Å². The molecule has 13 heteroatoms. The molecule has 0 atom stereocenters. The van der Waals surface area contributed by atoms with Crippen molar-refractivity contribution in [2.75, 3.05) is 32.7 Å². The third-order valence-corrected chi connectivity index (χ3v) is 6.86. The maximum absolute atomic E-state index is 13.3. The summed E-state index contributed by atoms with van der Waals surface area (Å²) in [6, 6.07) is 1.19. The van der Waals surface area contributed by atoms with Crippen LogP contribution in [0, 0.1) is 0 Å². The van der Waals surface area contributed by atoms with Crippen LogP contribution in [0.2, 0.25) is 0 Å². The normalized spacial score (nSPS) is 17.1. The highest BCUT2D eigenvalue weighted by Crippen LogP contribution is 2.36. The fraction of sp³-hybridized carbons (Fsp3) is 0.654. The molecule has 1 aromatic rings. The minimum absolute atomic E-state index is 0.0431. The van der Waals surface area contributed by atoms with Crippen molar-refractivity contribution in [1.82, 2.24) is 20.4 Å². The zero-order chi connectivity index (χ0) is 28.6. The Morgan fingerprint density at radius 2 is 1.51 bits per heavy atom. The second-order valence-corrected chi connectivity index (χ2v) is 10.1. The van der Waals surface area contributed by atoms with E-state index in [9.17, 15) is 40.7 Å². The number of alkyl halides is 6. The van der Waals surface area contributed by atoms with Gasteiger partial charge in [-0.2, -0.15) is 26.3 Å². The van der Waals surface area contributed by atoms with E-state index in [1.807, 2.05) is 0 Å². The summed E-state index contributed by atoms with van der Waals surface area (Å²) in [6.07, 6.45) is -3.72. The molecule has 1 aromatic carbocycles. The Balaban J connectivity index is 1.68. The molecule has 2 fully saturated rings. The average molecular weight is 565 g/mol. The van der Waals surface area contributed by atoms with Gasteiger partial charge in [-0.3, -0.25) is 19.3 Å². The SMILES string of the molecule is O=C(CN(CC(=O)NC1CCCCC1)Cc1cc(C(F)(F)F)cc(C(F)(F)F)c1)NCCCN1CCCC1=O. The van der Waals surface area contributed by atoms with Crippen molar-refractivity contribution in [1.29, 1.82) is 0 Å². The number of benzene rings is 1. The topological polar surface area (TPSA) is 81.8 Å². The van der Waals surface area contributed by atoms with Crippen LogP contribution < -0.4 is 10.6 Å². The van der Waals surface area contributed by atoms with E-state index in [-0.39, 0.29) is 36.7 Å². The van der Waals surface area contributed by atoms with E-state index in [2.05, 4.69) is 10.6 Å². The number of likely N-dealkylation sites (tertiary alicyclic amines) is 1. The molecule has 1 aliphatic heterocycles. The molecular weight excluding hydrogens is 530 g/mol. The first-order chi connectivity index (χ1) is 18.3. The van der Waals surface area contributed by atoms with Gasteiger partial charge in [0.15, 0.2) is 0 Å². The summed E-state index contributed by atoms with van der Waals surface area (Å²) in [5.74, 6) is -0.933. The van der Waals surface area contributed by atoms with Gasteiger partial charge in [-0.05, 0) is 49.4 Å². The van der Waals surface area contributed by atoms with Crippen LogP contribution in [-0.4, -0.2) is 66.3 Å². The molecule has 1 saturated carbocycles. The fourth-order valence-electron chi connectivity index (χ4n) is 4.96. The monoisotopic (exact) mass is 564 g/mol. The first kappa shape index (κ1) is 30.7. The molecule has 3 amide bonds. The maximum atomic E-state index is 13.3. The predicted molar refractivity (Wildman–Crippen MR) is 130 cm³/mol. The van der Waals surface area contributed by atoms with Gasteiger partial charge < -0.3 is 15.5 Å². The lowest BCUT2D eigenvalue weighted by Crippen LogP contribution is -2.45. The maximum Gasteiger partial charge on any atom is 0.416 e.